The molecule has 1 rings (SSSR count). The normalized spacial score (nSPS) is 17.5. The fourth-order valence-corrected chi connectivity index (χ4v) is 1.22. The van der Waals surface area contributed by atoms with Crippen molar-refractivity contribution < 1.29 is 0 Å². The quantitative estimate of drug-likeness (QED) is 0.580. The average molecular weight is 164 g/mol. The van der Waals surface area contributed by atoms with E-state index in [2.05, 4.69) is 43.1 Å². The summed E-state index contributed by atoms with van der Waals surface area (Å²) < 4.78 is 0. The van der Waals surface area contributed by atoms with E-state index in [1.807, 2.05) is 6.92 Å². The van der Waals surface area contributed by atoms with Crippen molar-refractivity contribution in [2.24, 2.45) is 4.99 Å². The molecule has 1 aliphatic rings. The summed E-state index contributed by atoms with van der Waals surface area (Å²) >= 11 is 0. The van der Waals surface area contributed by atoms with Gasteiger partial charge in [0.05, 0.1) is 0 Å². The van der Waals surface area contributed by atoms with Crippen LogP contribution in [0, 0.1) is 0 Å². The summed E-state index contributed by atoms with van der Waals surface area (Å²) in [6.07, 6.45) is 5.27. The molecule has 0 saturated carbocycles. The zero-order valence-corrected chi connectivity index (χ0v) is 8.26. The second-order valence-electron chi connectivity index (χ2n) is 3.36. The number of hydrogen-bond donors (Lipinski definition) is 0. The third kappa shape index (κ3) is 2.22. The Kier molecular flexibility index (Phi) is 2.69. The van der Waals surface area contributed by atoms with E-state index in [0.717, 1.165) is 12.1 Å². The molecule has 0 atom stereocenters. The van der Waals surface area contributed by atoms with Crippen molar-refractivity contribution in [1.82, 2.24) is 4.90 Å². The molecule has 0 spiro atoms. The zero-order valence-electron chi connectivity index (χ0n) is 8.26. The number of rotatable bonds is 1. The highest BCUT2D eigenvalue weighted by atomic mass is 15.1. The summed E-state index contributed by atoms with van der Waals surface area (Å²) in [5, 5.41) is 0. The third-order valence-electron chi connectivity index (χ3n) is 1.85. The minimum absolute atomic E-state index is 0.960. The van der Waals surface area contributed by atoms with Crippen molar-refractivity contribution >= 4 is 5.71 Å². The monoisotopic (exact) mass is 164 g/mol. The fourth-order valence-electron chi connectivity index (χ4n) is 1.22. The Bertz CT molecular complexity index is 257. The SMILES string of the molecule is CC1=CC(N(C)C)=CCC(C)=N1. The first-order valence-corrected chi connectivity index (χ1v) is 4.19. The Morgan fingerprint density at radius 3 is 2.58 bits per heavy atom. The Hall–Kier alpha value is -1.05. The van der Waals surface area contributed by atoms with Crippen LogP contribution < -0.4 is 0 Å². The molecule has 2 nitrogen and oxygen atoms in total. The second-order valence-corrected chi connectivity index (χ2v) is 3.36. The molecule has 1 heterocycles. The molecule has 0 radical (unpaired) electrons. The van der Waals surface area contributed by atoms with Gasteiger partial charge < -0.3 is 4.90 Å². The van der Waals surface area contributed by atoms with Gasteiger partial charge in [-0.3, -0.25) is 4.99 Å². The van der Waals surface area contributed by atoms with Crippen LogP contribution in [0.2, 0.25) is 0 Å². The molecule has 0 saturated heterocycles. The lowest BCUT2D eigenvalue weighted by Crippen LogP contribution is -2.09. The van der Waals surface area contributed by atoms with Crippen molar-refractivity contribution in [3.05, 3.63) is 23.5 Å². The Morgan fingerprint density at radius 1 is 1.33 bits per heavy atom. The van der Waals surface area contributed by atoms with Gasteiger partial charge in [0.2, 0.25) is 0 Å². The molecular weight excluding hydrogens is 148 g/mol. The Labute approximate surface area is 74.3 Å². The van der Waals surface area contributed by atoms with Crippen LogP contribution in [0.25, 0.3) is 0 Å². The number of likely N-dealkylation sites (N-methyl/N-ethyl adjacent to an activating group) is 1. The van der Waals surface area contributed by atoms with E-state index in [4.69, 9.17) is 0 Å². The lowest BCUT2D eigenvalue weighted by Gasteiger charge is -2.12. The summed E-state index contributed by atoms with van der Waals surface area (Å²) in [5.74, 6) is 0. The van der Waals surface area contributed by atoms with E-state index >= 15 is 0 Å². The molecule has 0 aromatic heterocycles. The first-order chi connectivity index (χ1) is 5.59. The van der Waals surface area contributed by atoms with Crippen molar-refractivity contribution in [2.75, 3.05) is 14.1 Å². The summed E-state index contributed by atoms with van der Waals surface area (Å²) in [5.41, 5.74) is 3.51. The van der Waals surface area contributed by atoms with Gasteiger partial charge in [-0.1, -0.05) is 6.08 Å². The summed E-state index contributed by atoms with van der Waals surface area (Å²) in [6, 6.07) is 0. The van der Waals surface area contributed by atoms with Gasteiger partial charge in [0.1, 0.15) is 0 Å². The Morgan fingerprint density at radius 2 is 2.00 bits per heavy atom. The highest BCUT2D eigenvalue weighted by Gasteiger charge is 2.01. The third-order valence-corrected chi connectivity index (χ3v) is 1.85. The standard InChI is InChI=1S/C10H16N2/c1-8-5-6-10(12(3)4)7-9(2)11-8/h6-7H,5H2,1-4H3. The predicted molar refractivity (Wildman–Crippen MR) is 53.3 cm³/mol. The smallest absolute Gasteiger partial charge is 0.0392 e. The van der Waals surface area contributed by atoms with Crippen LogP contribution in [-0.4, -0.2) is 24.7 Å². The number of allylic oxidation sites excluding steroid dienone is 3. The topological polar surface area (TPSA) is 15.6 Å². The van der Waals surface area contributed by atoms with E-state index in [9.17, 15) is 0 Å². The molecule has 1 aliphatic heterocycles. The predicted octanol–water partition coefficient (Wildman–Crippen LogP) is 2.20. The molecule has 0 aromatic rings. The van der Waals surface area contributed by atoms with Gasteiger partial charge in [0.25, 0.3) is 0 Å². The second kappa shape index (κ2) is 3.57. The molecule has 0 unspecified atom stereocenters. The largest absolute Gasteiger partial charge is 0.378 e. The minimum atomic E-state index is 0.960. The maximum atomic E-state index is 4.41. The van der Waals surface area contributed by atoms with Gasteiger partial charge in [0, 0.05) is 37.6 Å². The van der Waals surface area contributed by atoms with E-state index in [0.29, 0.717) is 0 Å². The van der Waals surface area contributed by atoms with Gasteiger partial charge in [-0.15, -0.1) is 0 Å². The van der Waals surface area contributed by atoms with E-state index in [1.165, 1.54) is 11.4 Å². The van der Waals surface area contributed by atoms with Crippen molar-refractivity contribution in [3.63, 3.8) is 0 Å². The van der Waals surface area contributed by atoms with E-state index in [1.54, 1.807) is 0 Å². The molecule has 0 aromatic carbocycles. The van der Waals surface area contributed by atoms with E-state index < -0.39 is 0 Å². The lowest BCUT2D eigenvalue weighted by atomic mass is 10.2. The van der Waals surface area contributed by atoms with Gasteiger partial charge in [0.15, 0.2) is 0 Å². The van der Waals surface area contributed by atoms with Crippen LogP contribution in [0.4, 0.5) is 0 Å². The molecule has 0 fully saturated rings. The summed E-state index contributed by atoms with van der Waals surface area (Å²) in [7, 11) is 4.10. The van der Waals surface area contributed by atoms with Crippen molar-refractivity contribution in [1.29, 1.82) is 0 Å². The molecule has 12 heavy (non-hydrogen) atoms. The molecule has 0 N–H and O–H groups in total. The fraction of sp³-hybridized carbons (Fsp3) is 0.500. The van der Waals surface area contributed by atoms with Gasteiger partial charge >= 0.3 is 0 Å². The maximum Gasteiger partial charge on any atom is 0.0392 e. The molecule has 0 amide bonds. The summed E-state index contributed by atoms with van der Waals surface area (Å²) in [4.78, 5) is 6.52. The number of aliphatic imine (C=N–C) groups is 1. The highest BCUT2D eigenvalue weighted by Crippen LogP contribution is 2.12. The van der Waals surface area contributed by atoms with E-state index in [-0.39, 0.29) is 0 Å². The van der Waals surface area contributed by atoms with Crippen LogP contribution in [-0.2, 0) is 0 Å². The lowest BCUT2D eigenvalue weighted by molar-refractivity contribution is 0.527. The Balaban J connectivity index is 2.90. The molecule has 0 aliphatic carbocycles. The van der Waals surface area contributed by atoms with Gasteiger partial charge in [-0.05, 0) is 19.9 Å². The van der Waals surface area contributed by atoms with Crippen LogP contribution in [0.15, 0.2) is 28.5 Å². The molecular formula is C10H16N2. The molecule has 66 valence electrons. The molecule has 0 bridgehead atoms. The maximum absolute atomic E-state index is 4.41. The van der Waals surface area contributed by atoms with Crippen LogP contribution in [0.3, 0.4) is 0 Å². The van der Waals surface area contributed by atoms with Crippen LogP contribution in [0.5, 0.6) is 0 Å². The molecule has 2 heteroatoms. The minimum Gasteiger partial charge on any atom is -0.378 e. The first kappa shape index (κ1) is 9.04. The van der Waals surface area contributed by atoms with Gasteiger partial charge in [-0.2, -0.15) is 0 Å². The van der Waals surface area contributed by atoms with Gasteiger partial charge in [-0.25, -0.2) is 0 Å². The number of nitrogens with zero attached hydrogens (tertiary/aromatic N) is 2. The van der Waals surface area contributed by atoms with Crippen molar-refractivity contribution in [3.8, 4) is 0 Å². The number of hydrogen-bond acceptors (Lipinski definition) is 2. The van der Waals surface area contributed by atoms with Crippen LogP contribution in [0.1, 0.15) is 20.3 Å². The van der Waals surface area contributed by atoms with Crippen LogP contribution >= 0.6 is 0 Å². The van der Waals surface area contributed by atoms with Crippen molar-refractivity contribution in [2.45, 2.75) is 20.3 Å². The average Bonchev–Trinajstić information content (AvgIpc) is 2.11. The summed E-state index contributed by atoms with van der Waals surface area (Å²) in [6.45, 7) is 4.10. The highest BCUT2D eigenvalue weighted by molar-refractivity contribution is 5.84. The first-order valence-electron chi connectivity index (χ1n) is 4.19. The zero-order chi connectivity index (χ0) is 9.14.